The van der Waals surface area contributed by atoms with Crippen LogP contribution in [-0.2, 0) is 0 Å². The first kappa shape index (κ1) is 15.5. The van der Waals surface area contributed by atoms with E-state index in [1.165, 1.54) is 37.0 Å². The Bertz CT molecular complexity index is 219. The summed E-state index contributed by atoms with van der Waals surface area (Å²) in [6.07, 6.45) is 14.7. The molecule has 0 saturated heterocycles. The summed E-state index contributed by atoms with van der Waals surface area (Å²) < 4.78 is 3.37. The van der Waals surface area contributed by atoms with Crippen LogP contribution in [0.4, 0.5) is 0 Å². The number of nitrogens with one attached hydrogen (secondary N) is 1. The van der Waals surface area contributed by atoms with E-state index >= 15 is 0 Å². The Morgan fingerprint density at radius 1 is 1.25 bits per heavy atom. The summed E-state index contributed by atoms with van der Waals surface area (Å²) in [7, 11) is 0. The van der Waals surface area contributed by atoms with Gasteiger partial charge in [-0.25, -0.2) is 0 Å². The molecule has 0 aliphatic rings. The van der Waals surface area contributed by atoms with Crippen molar-refractivity contribution >= 4 is 11.9 Å². The van der Waals surface area contributed by atoms with Gasteiger partial charge in [0.15, 0.2) is 0 Å². The number of unbranched alkanes of at least 4 members (excludes halogenated alkanes) is 4. The average Bonchev–Trinajstić information content (AvgIpc) is 2.32. The van der Waals surface area contributed by atoms with E-state index in [0.717, 1.165) is 6.54 Å². The molecule has 0 radical (unpaired) electrons. The van der Waals surface area contributed by atoms with Gasteiger partial charge < -0.3 is 0 Å². The molecule has 0 rings (SSSR count). The molecule has 0 aliphatic carbocycles. The molecule has 0 fully saturated rings. The van der Waals surface area contributed by atoms with Crippen molar-refractivity contribution in [2.45, 2.75) is 46.0 Å². The second-order valence-corrected chi connectivity index (χ2v) is 4.67. The SMILES string of the molecule is C=C/C(=C\C=C\C)SNCCCCCCC. The van der Waals surface area contributed by atoms with Crippen LogP contribution in [-0.4, -0.2) is 6.54 Å². The van der Waals surface area contributed by atoms with Gasteiger partial charge in [-0.05, 0) is 31.4 Å². The second-order valence-electron chi connectivity index (χ2n) is 3.71. The van der Waals surface area contributed by atoms with Gasteiger partial charge in [0.25, 0.3) is 0 Å². The second kappa shape index (κ2) is 12.6. The molecule has 0 aliphatic heterocycles. The van der Waals surface area contributed by atoms with Crippen molar-refractivity contribution in [2.75, 3.05) is 6.54 Å². The third-order valence-electron chi connectivity index (χ3n) is 2.23. The van der Waals surface area contributed by atoms with Crippen LogP contribution >= 0.6 is 11.9 Å². The zero-order valence-corrected chi connectivity index (χ0v) is 11.5. The van der Waals surface area contributed by atoms with E-state index in [1.54, 1.807) is 11.9 Å². The zero-order valence-electron chi connectivity index (χ0n) is 10.7. The van der Waals surface area contributed by atoms with E-state index in [4.69, 9.17) is 0 Å². The Labute approximate surface area is 105 Å². The Hall–Kier alpha value is -0.470. The molecule has 0 aromatic heterocycles. The van der Waals surface area contributed by atoms with E-state index < -0.39 is 0 Å². The molecule has 0 atom stereocenters. The van der Waals surface area contributed by atoms with E-state index in [0.29, 0.717) is 0 Å². The lowest BCUT2D eigenvalue weighted by Gasteiger charge is -2.03. The zero-order chi connectivity index (χ0) is 12.1. The highest BCUT2D eigenvalue weighted by Gasteiger charge is 1.92. The van der Waals surface area contributed by atoms with Crippen LogP contribution in [0.25, 0.3) is 0 Å². The molecule has 16 heavy (non-hydrogen) atoms. The summed E-state index contributed by atoms with van der Waals surface area (Å²) in [5.41, 5.74) is 0. The minimum absolute atomic E-state index is 1.08. The summed E-state index contributed by atoms with van der Waals surface area (Å²) in [6, 6.07) is 0. The Morgan fingerprint density at radius 2 is 2.00 bits per heavy atom. The standard InChI is InChI=1S/C14H25NS/c1-4-7-9-10-11-13-15-16-14(6-3)12-8-5-2/h5-6,8,12,15H,3-4,7,9-11,13H2,1-2H3/b8-5+,14-12+. The predicted octanol–water partition coefficient (Wildman–Crippen LogP) is 4.84. The molecule has 1 N–H and O–H groups in total. The molecule has 0 bridgehead atoms. The van der Waals surface area contributed by atoms with Gasteiger partial charge in [0.2, 0.25) is 0 Å². The summed E-state index contributed by atoms with van der Waals surface area (Å²) in [4.78, 5) is 1.17. The third kappa shape index (κ3) is 10.1. The largest absolute Gasteiger partial charge is 0.260 e. The third-order valence-corrected chi connectivity index (χ3v) is 3.11. The number of rotatable bonds is 10. The molecule has 0 spiro atoms. The Kier molecular flexibility index (Phi) is 12.2. The maximum absolute atomic E-state index is 3.79. The lowest BCUT2D eigenvalue weighted by atomic mass is 10.2. The van der Waals surface area contributed by atoms with Crippen molar-refractivity contribution < 1.29 is 0 Å². The monoisotopic (exact) mass is 239 g/mol. The predicted molar refractivity (Wildman–Crippen MR) is 77.4 cm³/mol. The highest BCUT2D eigenvalue weighted by atomic mass is 32.2. The highest BCUT2D eigenvalue weighted by Crippen LogP contribution is 2.12. The molecule has 0 heterocycles. The smallest absolute Gasteiger partial charge is 0.0222 e. The lowest BCUT2D eigenvalue weighted by molar-refractivity contribution is 0.630. The maximum atomic E-state index is 3.79. The number of hydrogen-bond donors (Lipinski definition) is 1. The van der Waals surface area contributed by atoms with Gasteiger partial charge >= 0.3 is 0 Å². The van der Waals surface area contributed by atoms with Crippen LogP contribution < -0.4 is 4.72 Å². The van der Waals surface area contributed by atoms with Gasteiger partial charge in [0.1, 0.15) is 0 Å². The quantitative estimate of drug-likeness (QED) is 0.332. The molecule has 92 valence electrons. The summed E-state index contributed by atoms with van der Waals surface area (Å²) in [6.45, 7) is 9.13. The van der Waals surface area contributed by atoms with Crippen molar-refractivity contribution in [1.29, 1.82) is 0 Å². The van der Waals surface area contributed by atoms with E-state index in [-0.39, 0.29) is 0 Å². The van der Waals surface area contributed by atoms with Gasteiger partial charge in [-0.3, -0.25) is 4.72 Å². The van der Waals surface area contributed by atoms with Gasteiger partial charge in [-0.2, -0.15) is 0 Å². The van der Waals surface area contributed by atoms with Crippen LogP contribution in [0.3, 0.4) is 0 Å². The van der Waals surface area contributed by atoms with Gasteiger partial charge in [-0.1, -0.05) is 57.4 Å². The highest BCUT2D eigenvalue weighted by molar-refractivity contribution is 8.01. The molecule has 2 heteroatoms. The summed E-state index contributed by atoms with van der Waals surface area (Å²) in [5.74, 6) is 0. The first-order valence-electron chi connectivity index (χ1n) is 6.20. The Morgan fingerprint density at radius 3 is 2.62 bits per heavy atom. The van der Waals surface area contributed by atoms with Gasteiger partial charge in [0, 0.05) is 11.4 Å². The minimum atomic E-state index is 1.08. The van der Waals surface area contributed by atoms with Gasteiger partial charge in [0.05, 0.1) is 0 Å². The molecule has 1 nitrogen and oxygen atoms in total. The molecule has 0 unspecified atom stereocenters. The normalized spacial score (nSPS) is 12.2. The van der Waals surface area contributed by atoms with Crippen LogP contribution in [0.1, 0.15) is 46.0 Å². The lowest BCUT2D eigenvalue weighted by Crippen LogP contribution is -2.05. The van der Waals surface area contributed by atoms with Crippen molar-refractivity contribution in [3.63, 3.8) is 0 Å². The molecule has 0 aromatic carbocycles. The first-order chi connectivity index (χ1) is 7.85. The van der Waals surface area contributed by atoms with Crippen LogP contribution in [0.2, 0.25) is 0 Å². The summed E-state index contributed by atoms with van der Waals surface area (Å²) in [5, 5.41) is 0. The van der Waals surface area contributed by atoms with E-state index in [1.807, 2.05) is 25.2 Å². The molecular weight excluding hydrogens is 214 g/mol. The maximum Gasteiger partial charge on any atom is 0.0222 e. The molecule has 0 aromatic rings. The minimum Gasteiger partial charge on any atom is -0.260 e. The fourth-order valence-corrected chi connectivity index (χ4v) is 1.91. The van der Waals surface area contributed by atoms with Crippen LogP contribution in [0, 0.1) is 0 Å². The molecule has 0 saturated carbocycles. The fraction of sp³-hybridized carbons (Fsp3) is 0.571. The van der Waals surface area contributed by atoms with E-state index in [9.17, 15) is 0 Å². The van der Waals surface area contributed by atoms with Crippen LogP contribution in [0.5, 0.6) is 0 Å². The van der Waals surface area contributed by atoms with Crippen molar-refractivity contribution in [3.8, 4) is 0 Å². The topological polar surface area (TPSA) is 12.0 Å². The fourth-order valence-electron chi connectivity index (χ4n) is 1.27. The van der Waals surface area contributed by atoms with Crippen LogP contribution in [0.15, 0.2) is 35.8 Å². The first-order valence-corrected chi connectivity index (χ1v) is 7.02. The van der Waals surface area contributed by atoms with E-state index in [2.05, 4.69) is 24.3 Å². The number of allylic oxidation sites excluding steroid dienone is 4. The van der Waals surface area contributed by atoms with Gasteiger partial charge in [-0.15, -0.1) is 0 Å². The molecule has 0 amide bonds. The summed E-state index contributed by atoms with van der Waals surface area (Å²) >= 11 is 1.67. The van der Waals surface area contributed by atoms with Crippen molar-refractivity contribution in [1.82, 2.24) is 4.72 Å². The molecular formula is C14H25NS. The number of hydrogen-bond acceptors (Lipinski definition) is 2. The van der Waals surface area contributed by atoms with Crippen molar-refractivity contribution in [2.24, 2.45) is 0 Å². The average molecular weight is 239 g/mol. The Balaban J connectivity index is 3.45. The van der Waals surface area contributed by atoms with Crippen molar-refractivity contribution in [3.05, 3.63) is 35.8 Å².